The van der Waals surface area contributed by atoms with Gasteiger partial charge in [0.1, 0.15) is 5.82 Å². The van der Waals surface area contributed by atoms with Crippen molar-refractivity contribution in [3.63, 3.8) is 0 Å². The molecule has 0 aliphatic heterocycles. The monoisotopic (exact) mass is 241 g/mol. The van der Waals surface area contributed by atoms with Crippen LogP contribution in [0.15, 0.2) is 22.7 Å². The number of rotatable bonds is 2. The van der Waals surface area contributed by atoms with Crippen molar-refractivity contribution in [1.82, 2.24) is 0 Å². The lowest BCUT2D eigenvalue weighted by Crippen LogP contribution is -2.10. The lowest BCUT2D eigenvalue weighted by atomic mass is 10.1. The van der Waals surface area contributed by atoms with Crippen LogP contribution in [0.4, 0.5) is 4.39 Å². The molecule has 0 saturated heterocycles. The molecule has 0 heterocycles. The fourth-order valence-corrected chi connectivity index (χ4v) is 1.58. The van der Waals surface area contributed by atoms with Gasteiger partial charge in [-0.15, -0.1) is 12.3 Å². The first-order valence-electron chi connectivity index (χ1n) is 3.79. The summed E-state index contributed by atoms with van der Waals surface area (Å²) >= 11 is 3.29. The molecule has 1 aromatic carbocycles. The van der Waals surface area contributed by atoms with Gasteiger partial charge in [0.25, 0.3) is 0 Å². The number of hydrogen-bond donors (Lipinski definition) is 1. The molecule has 13 heavy (non-hydrogen) atoms. The van der Waals surface area contributed by atoms with Gasteiger partial charge in [0.2, 0.25) is 0 Å². The molecule has 0 fully saturated rings. The smallest absolute Gasteiger partial charge is 0.123 e. The van der Waals surface area contributed by atoms with E-state index in [0.717, 1.165) is 4.47 Å². The number of nitrogens with two attached hydrogens (primary N) is 1. The fraction of sp³-hybridized carbons (Fsp3) is 0.200. The summed E-state index contributed by atoms with van der Waals surface area (Å²) < 4.78 is 13.6. The molecule has 1 atom stereocenters. The highest BCUT2D eigenvalue weighted by atomic mass is 79.9. The third-order valence-electron chi connectivity index (χ3n) is 1.70. The van der Waals surface area contributed by atoms with Gasteiger partial charge >= 0.3 is 0 Å². The Morgan fingerprint density at radius 2 is 2.31 bits per heavy atom. The van der Waals surface area contributed by atoms with E-state index in [1.165, 1.54) is 12.1 Å². The highest BCUT2D eigenvalue weighted by Crippen LogP contribution is 2.24. The molecule has 0 saturated carbocycles. The van der Waals surface area contributed by atoms with Crippen LogP contribution in [0.2, 0.25) is 0 Å². The second kappa shape index (κ2) is 4.40. The van der Waals surface area contributed by atoms with Gasteiger partial charge in [-0.1, -0.05) is 15.9 Å². The van der Waals surface area contributed by atoms with E-state index in [0.29, 0.717) is 12.0 Å². The molecule has 0 spiro atoms. The largest absolute Gasteiger partial charge is 0.323 e. The molecule has 0 aliphatic rings. The van der Waals surface area contributed by atoms with Gasteiger partial charge in [0.05, 0.1) is 0 Å². The molecular weight excluding hydrogens is 233 g/mol. The van der Waals surface area contributed by atoms with Gasteiger partial charge in [-0.25, -0.2) is 4.39 Å². The van der Waals surface area contributed by atoms with E-state index in [4.69, 9.17) is 12.2 Å². The number of benzene rings is 1. The first kappa shape index (κ1) is 10.2. The van der Waals surface area contributed by atoms with Crippen molar-refractivity contribution in [2.24, 2.45) is 5.73 Å². The summed E-state index contributed by atoms with van der Waals surface area (Å²) in [5.41, 5.74) is 6.44. The minimum atomic E-state index is -0.310. The molecule has 0 aliphatic carbocycles. The third kappa shape index (κ3) is 2.55. The lowest BCUT2D eigenvalue weighted by Gasteiger charge is -2.10. The standard InChI is InChI=1S/C10H9BrFN/c1-2-3-10(13)8-6-7(12)4-5-9(8)11/h1,4-6,10H,3,13H2. The number of hydrogen-bond acceptors (Lipinski definition) is 1. The molecule has 1 rings (SSSR count). The molecule has 0 radical (unpaired) electrons. The Bertz CT molecular complexity index is 343. The van der Waals surface area contributed by atoms with Crippen LogP contribution in [-0.2, 0) is 0 Å². The molecule has 3 heteroatoms. The van der Waals surface area contributed by atoms with Crippen LogP contribution in [0.3, 0.4) is 0 Å². The van der Waals surface area contributed by atoms with E-state index in [9.17, 15) is 4.39 Å². The minimum Gasteiger partial charge on any atom is -0.323 e. The van der Waals surface area contributed by atoms with Gasteiger partial charge in [0.15, 0.2) is 0 Å². The molecule has 0 bridgehead atoms. The summed E-state index contributed by atoms with van der Waals surface area (Å²) in [6.07, 6.45) is 5.52. The molecule has 0 aromatic heterocycles. The summed E-state index contributed by atoms with van der Waals surface area (Å²) in [5.74, 6) is 2.14. The normalized spacial score (nSPS) is 12.2. The lowest BCUT2D eigenvalue weighted by molar-refractivity contribution is 0.619. The molecular formula is C10H9BrFN. The van der Waals surface area contributed by atoms with Crippen molar-refractivity contribution in [2.45, 2.75) is 12.5 Å². The zero-order chi connectivity index (χ0) is 9.84. The van der Waals surface area contributed by atoms with Crippen molar-refractivity contribution in [1.29, 1.82) is 0 Å². The minimum absolute atomic E-state index is 0.300. The van der Waals surface area contributed by atoms with E-state index in [1.54, 1.807) is 6.07 Å². The average molecular weight is 242 g/mol. The summed E-state index contributed by atoms with van der Waals surface area (Å²) in [4.78, 5) is 0. The Kier molecular flexibility index (Phi) is 3.47. The van der Waals surface area contributed by atoms with Crippen LogP contribution in [0.5, 0.6) is 0 Å². The number of halogens is 2. The Balaban J connectivity index is 3.00. The van der Waals surface area contributed by atoms with Gasteiger partial charge in [0, 0.05) is 16.9 Å². The van der Waals surface area contributed by atoms with Crippen LogP contribution >= 0.6 is 15.9 Å². The van der Waals surface area contributed by atoms with E-state index in [2.05, 4.69) is 21.9 Å². The summed E-state index contributed by atoms with van der Waals surface area (Å²) in [6, 6.07) is 4.08. The Labute approximate surface area is 85.3 Å². The van der Waals surface area contributed by atoms with Gasteiger partial charge in [-0.2, -0.15) is 0 Å². The van der Waals surface area contributed by atoms with Crippen LogP contribution < -0.4 is 5.73 Å². The summed E-state index contributed by atoms with van der Waals surface area (Å²) in [5, 5.41) is 0. The van der Waals surface area contributed by atoms with Crippen molar-refractivity contribution in [2.75, 3.05) is 0 Å². The average Bonchev–Trinajstić information content (AvgIpc) is 2.09. The molecule has 2 N–H and O–H groups in total. The second-order valence-corrected chi connectivity index (χ2v) is 3.53. The molecule has 1 aromatic rings. The van der Waals surface area contributed by atoms with Crippen LogP contribution in [-0.4, -0.2) is 0 Å². The molecule has 0 amide bonds. The highest BCUT2D eigenvalue weighted by molar-refractivity contribution is 9.10. The zero-order valence-electron chi connectivity index (χ0n) is 6.93. The maximum Gasteiger partial charge on any atom is 0.123 e. The zero-order valence-corrected chi connectivity index (χ0v) is 8.51. The molecule has 1 unspecified atom stereocenters. The highest BCUT2D eigenvalue weighted by Gasteiger charge is 2.09. The predicted molar refractivity (Wildman–Crippen MR) is 54.5 cm³/mol. The third-order valence-corrected chi connectivity index (χ3v) is 2.42. The van der Waals surface area contributed by atoms with E-state index < -0.39 is 0 Å². The predicted octanol–water partition coefficient (Wildman–Crippen LogP) is 2.61. The van der Waals surface area contributed by atoms with E-state index in [-0.39, 0.29) is 11.9 Å². The van der Waals surface area contributed by atoms with Crippen molar-refractivity contribution >= 4 is 15.9 Å². The fourth-order valence-electron chi connectivity index (χ4n) is 1.04. The quantitative estimate of drug-likeness (QED) is 0.792. The summed E-state index contributed by atoms with van der Waals surface area (Å²) in [6.45, 7) is 0. The van der Waals surface area contributed by atoms with E-state index >= 15 is 0 Å². The SMILES string of the molecule is C#CCC(N)c1cc(F)ccc1Br. The Hall–Kier alpha value is -0.850. The van der Waals surface area contributed by atoms with E-state index in [1.807, 2.05) is 0 Å². The maximum absolute atomic E-state index is 12.8. The topological polar surface area (TPSA) is 26.0 Å². The summed E-state index contributed by atoms with van der Waals surface area (Å²) in [7, 11) is 0. The van der Waals surface area contributed by atoms with Crippen LogP contribution in [0.1, 0.15) is 18.0 Å². The first-order chi connectivity index (χ1) is 6.15. The molecule has 1 nitrogen and oxygen atoms in total. The van der Waals surface area contributed by atoms with Crippen LogP contribution in [0, 0.1) is 18.2 Å². The van der Waals surface area contributed by atoms with Gasteiger partial charge in [-0.05, 0) is 23.8 Å². The van der Waals surface area contributed by atoms with Crippen molar-refractivity contribution < 1.29 is 4.39 Å². The van der Waals surface area contributed by atoms with Crippen LogP contribution in [0.25, 0.3) is 0 Å². The number of terminal acetylenes is 1. The Morgan fingerprint density at radius 3 is 2.92 bits per heavy atom. The maximum atomic E-state index is 12.8. The van der Waals surface area contributed by atoms with Gasteiger partial charge < -0.3 is 5.73 Å². The second-order valence-electron chi connectivity index (χ2n) is 2.68. The first-order valence-corrected chi connectivity index (χ1v) is 4.58. The Morgan fingerprint density at radius 1 is 1.62 bits per heavy atom. The molecule has 68 valence electrons. The van der Waals surface area contributed by atoms with Crippen molar-refractivity contribution in [3.8, 4) is 12.3 Å². The van der Waals surface area contributed by atoms with Crippen molar-refractivity contribution in [3.05, 3.63) is 34.1 Å². The van der Waals surface area contributed by atoms with Gasteiger partial charge in [-0.3, -0.25) is 0 Å².